The maximum atomic E-state index is 12.5. The summed E-state index contributed by atoms with van der Waals surface area (Å²) >= 11 is 0. The fourth-order valence-electron chi connectivity index (χ4n) is 2.41. The van der Waals surface area contributed by atoms with Crippen LogP contribution in [0.1, 0.15) is 30.4 Å². The number of carbonyl (C=O) groups excluding carboxylic acids is 1. The molecule has 2 N–H and O–H groups in total. The van der Waals surface area contributed by atoms with Crippen LogP contribution in [0, 0.1) is 6.92 Å². The van der Waals surface area contributed by atoms with Crippen LogP contribution in [0.5, 0.6) is 0 Å². The van der Waals surface area contributed by atoms with Crippen LogP contribution in [0.4, 0.5) is 0 Å². The maximum absolute atomic E-state index is 12.5. The molecule has 2 rings (SSSR count). The Labute approximate surface area is 118 Å². The van der Waals surface area contributed by atoms with Crippen molar-refractivity contribution in [2.75, 3.05) is 20.1 Å². The van der Waals surface area contributed by atoms with E-state index in [-0.39, 0.29) is 12.6 Å². The Balaban J connectivity index is 2.24. The number of likely N-dealkylation sites (N-methyl/N-ethyl adjacent to an activating group) is 1. The number of hydrogen-bond donors (Lipinski definition) is 1. The van der Waals surface area contributed by atoms with Gasteiger partial charge in [0.15, 0.2) is 0 Å². The number of nitrogens with two attached hydrogens (primary N) is 1. The summed E-state index contributed by atoms with van der Waals surface area (Å²) in [6.45, 7) is 1.90. The number of carbonyl (C=O) groups is 1. The molecule has 1 aromatic heterocycles. The van der Waals surface area contributed by atoms with E-state index < -0.39 is 16.1 Å². The van der Waals surface area contributed by atoms with Gasteiger partial charge in [-0.1, -0.05) is 0 Å². The molecule has 0 spiro atoms. The monoisotopic (exact) mass is 301 g/mol. The van der Waals surface area contributed by atoms with Crippen LogP contribution in [0.15, 0.2) is 16.5 Å². The van der Waals surface area contributed by atoms with Gasteiger partial charge in [0.25, 0.3) is 10.2 Å². The van der Waals surface area contributed by atoms with E-state index in [1.807, 2.05) is 13.0 Å². The summed E-state index contributed by atoms with van der Waals surface area (Å²) in [4.78, 5) is 10.9. The number of nitrogens with zero attached hydrogens (tertiary/aromatic N) is 2. The maximum Gasteiger partial charge on any atom is 0.282 e. The Bertz CT molecular complexity index is 596. The molecule has 0 bridgehead atoms. The zero-order valence-electron chi connectivity index (χ0n) is 11.6. The topological polar surface area (TPSA) is 96.9 Å². The van der Waals surface area contributed by atoms with Gasteiger partial charge in [0, 0.05) is 13.6 Å². The third kappa shape index (κ3) is 2.87. The van der Waals surface area contributed by atoms with Gasteiger partial charge in [-0.05, 0) is 31.9 Å². The van der Waals surface area contributed by atoms with Crippen LogP contribution in [-0.2, 0) is 15.0 Å². The molecule has 7 nitrogen and oxygen atoms in total. The van der Waals surface area contributed by atoms with Gasteiger partial charge < -0.3 is 10.2 Å². The third-order valence-corrected chi connectivity index (χ3v) is 5.31. The van der Waals surface area contributed by atoms with E-state index >= 15 is 0 Å². The lowest BCUT2D eigenvalue weighted by atomic mass is 10.2. The first-order valence-corrected chi connectivity index (χ1v) is 7.80. The summed E-state index contributed by atoms with van der Waals surface area (Å²) in [5.41, 5.74) is 5.06. The van der Waals surface area contributed by atoms with Gasteiger partial charge in [-0.3, -0.25) is 4.79 Å². The number of primary amides is 1. The summed E-state index contributed by atoms with van der Waals surface area (Å²) < 4.78 is 32.8. The second-order valence-corrected chi connectivity index (χ2v) is 6.94. The molecule has 1 amide bonds. The fraction of sp³-hybridized carbons (Fsp3) is 0.583. The first-order valence-electron chi connectivity index (χ1n) is 6.40. The second kappa shape index (κ2) is 5.55. The zero-order chi connectivity index (χ0) is 14.9. The predicted octanol–water partition coefficient (Wildman–Crippen LogP) is 0.387. The van der Waals surface area contributed by atoms with Crippen LogP contribution in [0.25, 0.3) is 0 Å². The van der Waals surface area contributed by atoms with Crippen molar-refractivity contribution in [2.24, 2.45) is 5.73 Å². The van der Waals surface area contributed by atoms with Crippen molar-refractivity contribution in [3.8, 4) is 0 Å². The van der Waals surface area contributed by atoms with Crippen molar-refractivity contribution >= 4 is 16.1 Å². The molecular weight excluding hydrogens is 282 g/mol. The molecule has 1 aliphatic rings. The van der Waals surface area contributed by atoms with Gasteiger partial charge >= 0.3 is 0 Å². The summed E-state index contributed by atoms with van der Waals surface area (Å²) in [7, 11) is -2.37. The van der Waals surface area contributed by atoms with E-state index in [2.05, 4.69) is 0 Å². The van der Waals surface area contributed by atoms with Crippen molar-refractivity contribution in [3.05, 3.63) is 23.7 Å². The Hall–Kier alpha value is -1.38. The number of hydrogen-bond acceptors (Lipinski definition) is 4. The standard InChI is InChI=1S/C12H19N3O4S/c1-9-5-6-11(19-9)10-4-3-7-15(10)20(17,18)14(2)8-12(13)16/h5-6,10H,3-4,7-8H2,1-2H3,(H2,13,16)/t10-/m0/s1. The zero-order valence-corrected chi connectivity index (χ0v) is 12.4. The minimum atomic E-state index is -3.72. The second-order valence-electron chi connectivity index (χ2n) is 4.95. The Morgan fingerprint density at radius 3 is 2.80 bits per heavy atom. The third-order valence-electron chi connectivity index (χ3n) is 3.36. The molecule has 1 aromatic rings. The quantitative estimate of drug-likeness (QED) is 0.850. The van der Waals surface area contributed by atoms with E-state index in [4.69, 9.17) is 10.2 Å². The molecule has 1 fully saturated rings. The van der Waals surface area contributed by atoms with Crippen LogP contribution in [-0.4, -0.2) is 43.1 Å². The van der Waals surface area contributed by atoms with Gasteiger partial charge in [0.2, 0.25) is 5.91 Å². The average Bonchev–Trinajstić information content (AvgIpc) is 2.95. The van der Waals surface area contributed by atoms with Gasteiger partial charge in [0.05, 0.1) is 12.6 Å². The van der Waals surface area contributed by atoms with Gasteiger partial charge in [0.1, 0.15) is 11.5 Å². The Morgan fingerprint density at radius 1 is 1.55 bits per heavy atom. The number of furan rings is 1. The molecule has 1 atom stereocenters. The Kier molecular flexibility index (Phi) is 4.17. The van der Waals surface area contributed by atoms with Gasteiger partial charge in [-0.15, -0.1) is 0 Å². The summed E-state index contributed by atoms with van der Waals surface area (Å²) in [5, 5.41) is 0. The van der Waals surface area contributed by atoms with Crippen LogP contribution in [0.2, 0.25) is 0 Å². The number of amides is 1. The molecule has 2 heterocycles. The smallest absolute Gasteiger partial charge is 0.282 e. The van der Waals surface area contributed by atoms with E-state index in [0.717, 1.165) is 16.5 Å². The molecule has 20 heavy (non-hydrogen) atoms. The largest absolute Gasteiger partial charge is 0.465 e. The lowest BCUT2D eigenvalue weighted by molar-refractivity contribution is -0.118. The first-order chi connectivity index (χ1) is 9.32. The Morgan fingerprint density at radius 2 is 2.25 bits per heavy atom. The minimum absolute atomic E-state index is 0.316. The predicted molar refractivity (Wildman–Crippen MR) is 72.9 cm³/mol. The van der Waals surface area contributed by atoms with Gasteiger partial charge in [-0.25, -0.2) is 0 Å². The number of aryl methyl sites for hydroxylation is 1. The molecule has 0 radical (unpaired) electrons. The minimum Gasteiger partial charge on any atom is -0.465 e. The fourth-order valence-corrected chi connectivity index (χ4v) is 3.95. The molecule has 0 aliphatic carbocycles. The van der Waals surface area contributed by atoms with E-state index in [9.17, 15) is 13.2 Å². The molecule has 0 unspecified atom stereocenters. The van der Waals surface area contributed by atoms with E-state index in [1.165, 1.54) is 11.4 Å². The summed E-state index contributed by atoms with van der Waals surface area (Å²) in [5.74, 6) is 0.700. The van der Waals surface area contributed by atoms with Crippen molar-refractivity contribution < 1.29 is 17.6 Å². The first kappa shape index (κ1) is 15.0. The van der Waals surface area contributed by atoms with Crippen molar-refractivity contribution in [2.45, 2.75) is 25.8 Å². The summed E-state index contributed by atoms with van der Waals surface area (Å²) in [6, 6.07) is 3.29. The normalized spacial score (nSPS) is 20.6. The van der Waals surface area contributed by atoms with Crippen molar-refractivity contribution in [1.29, 1.82) is 0 Å². The molecule has 8 heteroatoms. The van der Waals surface area contributed by atoms with E-state index in [1.54, 1.807) is 6.07 Å². The van der Waals surface area contributed by atoms with Gasteiger partial charge in [-0.2, -0.15) is 17.0 Å². The lowest BCUT2D eigenvalue weighted by Crippen LogP contribution is -2.44. The molecule has 0 aromatic carbocycles. The molecule has 0 saturated carbocycles. The molecule has 1 aliphatic heterocycles. The highest BCUT2D eigenvalue weighted by Gasteiger charge is 2.39. The summed E-state index contributed by atoms with van der Waals surface area (Å²) in [6.07, 6.45) is 1.46. The average molecular weight is 301 g/mol. The molecular formula is C12H19N3O4S. The van der Waals surface area contributed by atoms with Crippen LogP contribution < -0.4 is 5.73 Å². The SMILES string of the molecule is Cc1ccc([C@@H]2CCCN2S(=O)(=O)N(C)CC(N)=O)o1. The molecule has 1 saturated heterocycles. The highest BCUT2D eigenvalue weighted by molar-refractivity contribution is 7.86. The highest BCUT2D eigenvalue weighted by Crippen LogP contribution is 2.35. The number of rotatable bonds is 5. The van der Waals surface area contributed by atoms with Crippen LogP contribution in [0.3, 0.4) is 0 Å². The van der Waals surface area contributed by atoms with Crippen LogP contribution >= 0.6 is 0 Å². The highest BCUT2D eigenvalue weighted by atomic mass is 32.2. The van der Waals surface area contributed by atoms with E-state index in [0.29, 0.717) is 18.7 Å². The lowest BCUT2D eigenvalue weighted by Gasteiger charge is -2.27. The van der Waals surface area contributed by atoms with Crippen molar-refractivity contribution in [3.63, 3.8) is 0 Å². The van der Waals surface area contributed by atoms with Crippen molar-refractivity contribution in [1.82, 2.24) is 8.61 Å². The molecule has 112 valence electrons.